The molecule has 0 amide bonds. The molecular formula is C28H29N5OS. The highest BCUT2D eigenvalue weighted by Crippen LogP contribution is 2.36. The summed E-state index contributed by atoms with van der Waals surface area (Å²) in [7, 11) is 0. The third-order valence-electron chi connectivity index (χ3n) is 5.70. The van der Waals surface area contributed by atoms with E-state index in [1.54, 1.807) is 17.5 Å². The van der Waals surface area contributed by atoms with Crippen LogP contribution in [0.5, 0.6) is 5.75 Å². The van der Waals surface area contributed by atoms with Crippen LogP contribution in [0.4, 0.5) is 0 Å². The molecule has 2 aromatic carbocycles. The number of nitriles is 1. The summed E-state index contributed by atoms with van der Waals surface area (Å²) in [4.78, 5) is 3.97. The molecule has 6 nitrogen and oxygen atoms in total. The Hall–Kier alpha value is -3.60. The van der Waals surface area contributed by atoms with Crippen molar-refractivity contribution in [2.45, 2.75) is 52.2 Å². The highest BCUT2D eigenvalue weighted by Gasteiger charge is 2.18. The number of benzene rings is 2. The molecule has 35 heavy (non-hydrogen) atoms. The monoisotopic (exact) mass is 483 g/mol. The fourth-order valence-electron chi connectivity index (χ4n) is 4.06. The van der Waals surface area contributed by atoms with Gasteiger partial charge in [-0.15, -0.1) is 10.2 Å². The van der Waals surface area contributed by atoms with Gasteiger partial charge in [0.05, 0.1) is 17.4 Å². The summed E-state index contributed by atoms with van der Waals surface area (Å²) in [5.41, 5.74) is 11.7. The molecule has 0 spiro atoms. The fraction of sp³-hybridized carbons (Fsp3) is 0.286. The SMILES string of the molecule is CC(C)Oc1ccc(-c2nnc(-c3cccc4c3CCCC4)s2)cc1C#N.NCc1ccccn1. The van der Waals surface area contributed by atoms with Crippen LogP contribution in [0.3, 0.4) is 0 Å². The van der Waals surface area contributed by atoms with Crippen molar-refractivity contribution in [2.75, 3.05) is 0 Å². The van der Waals surface area contributed by atoms with Gasteiger partial charge in [-0.3, -0.25) is 4.98 Å². The van der Waals surface area contributed by atoms with Crippen LogP contribution in [-0.2, 0) is 19.4 Å². The Morgan fingerprint density at radius 2 is 1.86 bits per heavy atom. The van der Waals surface area contributed by atoms with Crippen LogP contribution >= 0.6 is 11.3 Å². The molecular weight excluding hydrogens is 454 g/mol. The number of pyridine rings is 1. The van der Waals surface area contributed by atoms with Crippen LogP contribution in [0.1, 0.15) is 49.1 Å². The van der Waals surface area contributed by atoms with E-state index in [0.717, 1.165) is 34.1 Å². The Balaban J connectivity index is 0.000000308. The summed E-state index contributed by atoms with van der Waals surface area (Å²) in [5.74, 6) is 0.609. The molecule has 0 fully saturated rings. The summed E-state index contributed by atoms with van der Waals surface area (Å²) < 4.78 is 5.71. The molecule has 7 heteroatoms. The van der Waals surface area contributed by atoms with E-state index in [2.05, 4.69) is 39.4 Å². The molecule has 1 aliphatic rings. The van der Waals surface area contributed by atoms with Gasteiger partial charge in [0.25, 0.3) is 0 Å². The van der Waals surface area contributed by atoms with Gasteiger partial charge in [0, 0.05) is 23.9 Å². The maximum absolute atomic E-state index is 9.46. The third-order valence-corrected chi connectivity index (χ3v) is 6.70. The summed E-state index contributed by atoms with van der Waals surface area (Å²) in [6.45, 7) is 4.43. The first-order valence-electron chi connectivity index (χ1n) is 11.8. The van der Waals surface area contributed by atoms with Gasteiger partial charge in [0.2, 0.25) is 0 Å². The van der Waals surface area contributed by atoms with Gasteiger partial charge in [-0.1, -0.05) is 35.6 Å². The van der Waals surface area contributed by atoms with Gasteiger partial charge in [-0.25, -0.2) is 0 Å². The molecule has 0 saturated carbocycles. The quantitative estimate of drug-likeness (QED) is 0.377. The van der Waals surface area contributed by atoms with Gasteiger partial charge in [-0.05, 0) is 81.0 Å². The van der Waals surface area contributed by atoms with Crippen LogP contribution in [-0.4, -0.2) is 21.3 Å². The van der Waals surface area contributed by atoms with E-state index in [1.807, 2.05) is 50.2 Å². The van der Waals surface area contributed by atoms with E-state index in [1.165, 1.54) is 29.5 Å². The normalized spacial score (nSPS) is 12.3. The second-order valence-electron chi connectivity index (χ2n) is 8.58. The van der Waals surface area contributed by atoms with Crippen LogP contribution in [0.2, 0.25) is 0 Å². The Morgan fingerprint density at radius 1 is 1.03 bits per heavy atom. The molecule has 178 valence electrons. The third kappa shape index (κ3) is 6.10. The summed E-state index contributed by atoms with van der Waals surface area (Å²) in [6.07, 6.45) is 6.53. The molecule has 0 unspecified atom stereocenters. The van der Waals surface area contributed by atoms with E-state index in [0.29, 0.717) is 17.9 Å². The van der Waals surface area contributed by atoms with Gasteiger partial charge in [-0.2, -0.15) is 5.26 Å². The molecule has 0 bridgehead atoms. The van der Waals surface area contributed by atoms with Crippen molar-refractivity contribution in [3.63, 3.8) is 0 Å². The number of rotatable bonds is 5. The largest absolute Gasteiger partial charge is 0.490 e. The Bertz CT molecular complexity index is 1310. The summed E-state index contributed by atoms with van der Waals surface area (Å²) >= 11 is 1.58. The lowest BCUT2D eigenvalue weighted by molar-refractivity contribution is 0.242. The number of aryl methyl sites for hydroxylation is 1. The zero-order valence-corrected chi connectivity index (χ0v) is 20.9. The van der Waals surface area contributed by atoms with E-state index in [-0.39, 0.29) is 6.10 Å². The van der Waals surface area contributed by atoms with Crippen molar-refractivity contribution in [1.29, 1.82) is 5.26 Å². The van der Waals surface area contributed by atoms with Gasteiger partial charge in [0.15, 0.2) is 0 Å². The molecule has 0 atom stereocenters. The van der Waals surface area contributed by atoms with E-state index < -0.39 is 0 Å². The average Bonchev–Trinajstić information content (AvgIpc) is 3.39. The minimum atomic E-state index is 0.0281. The van der Waals surface area contributed by atoms with Crippen molar-refractivity contribution < 1.29 is 4.74 Å². The number of hydrogen-bond acceptors (Lipinski definition) is 7. The van der Waals surface area contributed by atoms with Gasteiger partial charge in [0.1, 0.15) is 21.8 Å². The topological polar surface area (TPSA) is 97.7 Å². The number of nitrogens with zero attached hydrogens (tertiary/aromatic N) is 4. The van der Waals surface area contributed by atoms with Gasteiger partial charge < -0.3 is 10.5 Å². The van der Waals surface area contributed by atoms with Gasteiger partial charge >= 0.3 is 0 Å². The second-order valence-corrected chi connectivity index (χ2v) is 9.55. The summed E-state index contributed by atoms with van der Waals surface area (Å²) in [6, 6.07) is 20.0. The predicted octanol–water partition coefficient (Wildman–Crippen LogP) is 5.95. The Labute approximate surface area is 210 Å². The number of nitrogens with two attached hydrogens (primary N) is 1. The van der Waals surface area contributed by atoms with Crippen molar-refractivity contribution >= 4 is 11.3 Å². The van der Waals surface area contributed by atoms with E-state index in [4.69, 9.17) is 10.5 Å². The molecule has 0 saturated heterocycles. The number of ether oxygens (including phenoxy) is 1. The Kier molecular flexibility index (Phi) is 8.19. The standard InChI is InChI=1S/C22H21N3OS.C6H8N2/c1-14(2)26-20-11-10-16(12-17(20)13-23)21-24-25-22(27-21)19-9-5-7-15-6-3-4-8-18(15)19;7-5-6-3-1-2-4-8-6/h5,7,9-12,14H,3-4,6,8H2,1-2H3;1-4H,5,7H2. The van der Waals surface area contributed by atoms with Crippen LogP contribution < -0.4 is 10.5 Å². The highest BCUT2D eigenvalue weighted by atomic mass is 32.1. The molecule has 5 rings (SSSR count). The summed E-state index contributed by atoms with van der Waals surface area (Å²) in [5, 5.41) is 20.1. The Morgan fingerprint density at radius 3 is 2.57 bits per heavy atom. The molecule has 2 N–H and O–H groups in total. The fourth-order valence-corrected chi connectivity index (χ4v) is 4.95. The molecule has 0 aliphatic heterocycles. The van der Waals surface area contributed by atoms with Crippen molar-refractivity contribution in [2.24, 2.45) is 5.73 Å². The molecule has 1 aliphatic carbocycles. The van der Waals surface area contributed by atoms with E-state index >= 15 is 0 Å². The minimum Gasteiger partial charge on any atom is -0.490 e. The lowest BCUT2D eigenvalue weighted by Gasteiger charge is -2.17. The van der Waals surface area contributed by atoms with Crippen LogP contribution in [0.15, 0.2) is 60.8 Å². The van der Waals surface area contributed by atoms with E-state index in [9.17, 15) is 5.26 Å². The average molecular weight is 484 g/mol. The molecule has 2 aromatic heterocycles. The predicted molar refractivity (Wildman–Crippen MR) is 140 cm³/mol. The first-order valence-corrected chi connectivity index (χ1v) is 12.7. The number of hydrogen-bond donors (Lipinski definition) is 1. The van der Waals surface area contributed by atoms with Crippen molar-refractivity contribution in [3.05, 3.63) is 83.2 Å². The van der Waals surface area contributed by atoms with Crippen LogP contribution in [0, 0.1) is 11.3 Å². The maximum Gasteiger partial charge on any atom is 0.148 e. The number of fused-ring (bicyclic) bond motifs is 1. The minimum absolute atomic E-state index is 0.0281. The second kappa shape index (κ2) is 11.7. The molecule has 4 aromatic rings. The van der Waals surface area contributed by atoms with Crippen molar-refractivity contribution in [1.82, 2.24) is 15.2 Å². The number of aromatic nitrogens is 3. The zero-order chi connectivity index (χ0) is 24.6. The molecule has 2 heterocycles. The zero-order valence-electron chi connectivity index (χ0n) is 20.1. The lowest BCUT2D eigenvalue weighted by atomic mass is 9.88. The highest BCUT2D eigenvalue weighted by molar-refractivity contribution is 7.17. The molecule has 0 radical (unpaired) electrons. The van der Waals surface area contributed by atoms with Crippen LogP contribution in [0.25, 0.3) is 21.1 Å². The first kappa shape index (κ1) is 24.5. The lowest BCUT2D eigenvalue weighted by Crippen LogP contribution is -2.06. The first-order chi connectivity index (χ1) is 17.1. The smallest absolute Gasteiger partial charge is 0.148 e. The van der Waals surface area contributed by atoms with Crippen molar-refractivity contribution in [3.8, 4) is 33.0 Å². The maximum atomic E-state index is 9.46.